The number of amides is 1. The normalized spacial score (nSPS) is 25.2. The standard InChI is InChI=1S/C15H24N4OS/c1-11(16)14-17-13(10-21-14)15(20)19-8-4-5-12(9-19)18-6-2-3-7-18/h10-12H,2-9,16H2,1H3. The molecule has 0 radical (unpaired) electrons. The molecule has 2 N–H and O–H groups in total. The number of carbonyl (C=O) groups excluding carboxylic acids is 1. The Labute approximate surface area is 130 Å². The van der Waals surface area contributed by atoms with Crippen LogP contribution in [0.1, 0.15) is 54.1 Å². The maximum absolute atomic E-state index is 12.6. The molecular formula is C15H24N4OS. The van der Waals surface area contributed by atoms with Gasteiger partial charge in [-0.2, -0.15) is 0 Å². The van der Waals surface area contributed by atoms with Gasteiger partial charge in [0.1, 0.15) is 10.7 Å². The van der Waals surface area contributed by atoms with Crippen molar-refractivity contribution in [2.75, 3.05) is 26.2 Å². The minimum Gasteiger partial charge on any atom is -0.336 e. The van der Waals surface area contributed by atoms with Gasteiger partial charge in [0.2, 0.25) is 0 Å². The quantitative estimate of drug-likeness (QED) is 0.926. The maximum Gasteiger partial charge on any atom is 0.273 e. The number of nitrogens with zero attached hydrogens (tertiary/aromatic N) is 3. The van der Waals surface area contributed by atoms with Crippen molar-refractivity contribution < 1.29 is 4.79 Å². The van der Waals surface area contributed by atoms with E-state index in [1.54, 1.807) is 0 Å². The molecule has 2 aliphatic rings. The van der Waals surface area contributed by atoms with E-state index in [4.69, 9.17) is 5.73 Å². The molecule has 1 aromatic rings. The molecule has 1 amide bonds. The van der Waals surface area contributed by atoms with Gasteiger partial charge in [0.05, 0.1) is 6.04 Å². The highest BCUT2D eigenvalue weighted by atomic mass is 32.1. The summed E-state index contributed by atoms with van der Waals surface area (Å²) >= 11 is 1.48. The van der Waals surface area contributed by atoms with Crippen LogP contribution in [0.5, 0.6) is 0 Å². The van der Waals surface area contributed by atoms with Gasteiger partial charge in [0.15, 0.2) is 0 Å². The van der Waals surface area contributed by atoms with Crippen LogP contribution in [0.2, 0.25) is 0 Å². The molecule has 2 saturated heterocycles. The fourth-order valence-corrected chi connectivity index (χ4v) is 4.05. The summed E-state index contributed by atoms with van der Waals surface area (Å²) in [6.45, 7) is 5.99. The maximum atomic E-state index is 12.6. The molecule has 0 bridgehead atoms. The summed E-state index contributed by atoms with van der Waals surface area (Å²) in [7, 11) is 0. The van der Waals surface area contributed by atoms with Gasteiger partial charge in [0.25, 0.3) is 5.91 Å². The molecular weight excluding hydrogens is 284 g/mol. The first-order valence-electron chi connectivity index (χ1n) is 7.89. The third kappa shape index (κ3) is 3.27. The monoisotopic (exact) mass is 308 g/mol. The lowest BCUT2D eigenvalue weighted by Gasteiger charge is -2.37. The van der Waals surface area contributed by atoms with Gasteiger partial charge in [-0.05, 0) is 45.7 Å². The Morgan fingerprint density at radius 1 is 1.38 bits per heavy atom. The molecule has 2 atom stereocenters. The summed E-state index contributed by atoms with van der Waals surface area (Å²) in [5.41, 5.74) is 6.39. The number of thiazole rings is 1. The summed E-state index contributed by atoms with van der Waals surface area (Å²) < 4.78 is 0. The molecule has 2 unspecified atom stereocenters. The third-order valence-electron chi connectivity index (χ3n) is 4.47. The Morgan fingerprint density at radius 3 is 2.81 bits per heavy atom. The number of likely N-dealkylation sites (tertiary alicyclic amines) is 2. The van der Waals surface area contributed by atoms with Crippen LogP contribution in [-0.4, -0.2) is 52.9 Å². The van der Waals surface area contributed by atoms with Crippen LogP contribution in [0.25, 0.3) is 0 Å². The minimum absolute atomic E-state index is 0.0713. The highest BCUT2D eigenvalue weighted by Gasteiger charge is 2.30. The molecule has 3 heterocycles. The van der Waals surface area contributed by atoms with E-state index in [0.717, 1.165) is 24.5 Å². The van der Waals surface area contributed by atoms with Crippen molar-refractivity contribution in [3.63, 3.8) is 0 Å². The number of aromatic nitrogens is 1. The highest BCUT2D eigenvalue weighted by Crippen LogP contribution is 2.23. The molecule has 2 fully saturated rings. The molecule has 116 valence electrons. The predicted octanol–water partition coefficient (Wildman–Crippen LogP) is 1.86. The van der Waals surface area contributed by atoms with E-state index in [-0.39, 0.29) is 11.9 Å². The van der Waals surface area contributed by atoms with Crippen molar-refractivity contribution in [1.82, 2.24) is 14.8 Å². The lowest BCUT2D eigenvalue weighted by atomic mass is 10.0. The number of rotatable bonds is 3. The zero-order valence-corrected chi connectivity index (χ0v) is 13.4. The van der Waals surface area contributed by atoms with Gasteiger partial charge < -0.3 is 10.6 Å². The van der Waals surface area contributed by atoms with Crippen molar-refractivity contribution in [3.05, 3.63) is 16.1 Å². The molecule has 0 aromatic carbocycles. The molecule has 5 nitrogen and oxygen atoms in total. The number of hydrogen-bond donors (Lipinski definition) is 1. The van der Waals surface area contributed by atoms with E-state index in [9.17, 15) is 4.79 Å². The molecule has 21 heavy (non-hydrogen) atoms. The van der Waals surface area contributed by atoms with Gasteiger partial charge in [-0.25, -0.2) is 4.98 Å². The fraction of sp³-hybridized carbons (Fsp3) is 0.733. The fourth-order valence-electron chi connectivity index (χ4n) is 3.30. The topological polar surface area (TPSA) is 62.5 Å². The van der Waals surface area contributed by atoms with Crippen molar-refractivity contribution in [2.24, 2.45) is 5.73 Å². The summed E-state index contributed by atoms with van der Waals surface area (Å²) in [6.07, 6.45) is 4.91. The molecule has 2 aliphatic heterocycles. The van der Waals surface area contributed by atoms with Crippen LogP contribution in [0, 0.1) is 0 Å². The molecule has 0 spiro atoms. The lowest BCUT2D eigenvalue weighted by Crippen LogP contribution is -2.49. The average Bonchev–Trinajstić information content (AvgIpc) is 3.18. The van der Waals surface area contributed by atoms with Gasteiger partial charge in [-0.1, -0.05) is 0 Å². The SMILES string of the molecule is CC(N)c1nc(C(=O)N2CCCC(N3CCCC3)C2)cs1. The highest BCUT2D eigenvalue weighted by molar-refractivity contribution is 7.09. The average molecular weight is 308 g/mol. The van der Waals surface area contributed by atoms with Crippen molar-refractivity contribution >= 4 is 17.2 Å². The summed E-state index contributed by atoms with van der Waals surface area (Å²) in [4.78, 5) is 21.5. The van der Waals surface area contributed by atoms with Crippen LogP contribution in [0.3, 0.4) is 0 Å². The largest absolute Gasteiger partial charge is 0.336 e. The molecule has 0 aliphatic carbocycles. The summed E-state index contributed by atoms with van der Waals surface area (Å²) in [5, 5.41) is 2.69. The van der Waals surface area contributed by atoms with E-state index in [1.807, 2.05) is 17.2 Å². The van der Waals surface area contributed by atoms with E-state index in [2.05, 4.69) is 9.88 Å². The van der Waals surface area contributed by atoms with E-state index >= 15 is 0 Å². The van der Waals surface area contributed by atoms with Crippen LogP contribution in [-0.2, 0) is 0 Å². The molecule has 6 heteroatoms. The molecule has 1 aromatic heterocycles. The predicted molar refractivity (Wildman–Crippen MR) is 84.4 cm³/mol. The second kappa shape index (κ2) is 6.42. The van der Waals surface area contributed by atoms with Gasteiger partial charge in [0, 0.05) is 24.5 Å². The van der Waals surface area contributed by atoms with Crippen LogP contribution in [0.4, 0.5) is 0 Å². The number of carbonyl (C=O) groups is 1. The number of hydrogen-bond acceptors (Lipinski definition) is 5. The van der Waals surface area contributed by atoms with E-state index in [1.165, 1.54) is 43.7 Å². The van der Waals surface area contributed by atoms with E-state index in [0.29, 0.717) is 11.7 Å². The third-order valence-corrected chi connectivity index (χ3v) is 5.52. The smallest absolute Gasteiger partial charge is 0.273 e. The first-order chi connectivity index (χ1) is 10.1. The Morgan fingerprint density at radius 2 is 2.14 bits per heavy atom. The Bertz CT molecular complexity index is 496. The Balaban J connectivity index is 1.65. The Kier molecular flexibility index (Phi) is 4.57. The second-order valence-corrected chi connectivity index (χ2v) is 7.04. The van der Waals surface area contributed by atoms with Crippen LogP contribution in [0.15, 0.2) is 5.38 Å². The number of nitrogens with two attached hydrogens (primary N) is 1. The van der Waals surface area contributed by atoms with Crippen molar-refractivity contribution in [2.45, 2.75) is 44.7 Å². The van der Waals surface area contributed by atoms with Crippen molar-refractivity contribution in [3.8, 4) is 0 Å². The summed E-state index contributed by atoms with van der Waals surface area (Å²) in [6, 6.07) is 0.437. The molecule has 0 saturated carbocycles. The van der Waals surface area contributed by atoms with Crippen LogP contribution < -0.4 is 5.73 Å². The van der Waals surface area contributed by atoms with Gasteiger partial charge >= 0.3 is 0 Å². The van der Waals surface area contributed by atoms with Crippen molar-refractivity contribution in [1.29, 1.82) is 0 Å². The van der Waals surface area contributed by atoms with Gasteiger partial charge in [-0.3, -0.25) is 9.69 Å². The second-order valence-electron chi connectivity index (χ2n) is 6.15. The number of piperidine rings is 1. The summed E-state index contributed by atoms with van der Waals surface area (Å²) in [5.74, 6) is 0.0713. The van der Waals surface area contributed by atoms with Crippen LogP contribution >= 0.6 is 11.3 Å². The minimum atomic E-state index is -0.102. The zero-order valence-electron chi connectivity index (χ0n) is 12.6. The van der Waals surface area contributed by atoms with E-state index < -0.39 is 0 Å². The zero-order chi connectivity index (χ0) is 14.8. The Hall–Kier alpha value is -0.980. The van der Waals surface area contributed by atoms with Gasteiger partial charge in [-0.15, -0.1) is 11.3 Å². The first-order valence-corrected chi connectivity index (χ1v) is 8.77. The molecule has 3 rings (SSSR count). The lowest BCUT2D eigenvalue weighted by molar-refractivity contribution is 0.0603. The first kappa shape index (κ1) is 14.9.